The van der Waals surface area contributed by atoms with E-state index in [4.69, 9.17) is 4.74 Å². The predicted molar refractivity (Wildman–Crippen MR) is 79.3 cm³/mol. The molecule has 2 unspecified atom stereocenters. The molecular weight excluding hydrogens is 253 g/mol. The summed E-state index contributed by atoms with van der Waals surface area (Å²) < 4.78 is 18.8. The van der Waals surface area contributed by atoms with Gasteiger partial charge in [-0.1, -0.05) is 37.3 Å². The van der Waals surface area contributed by atoms with Gasteiger partial charge in [0.2, 0.25) is 0 Å². The minimum Gasteiger partial charge on any atom is -0.489 e. The van der Waals surface area contributed by atoms with E-state index in [-0.39, 0.29) is 18.0 Å². The van der Waals surface area contributed by atoms with Crippen molar-refractivity contribution in [2.45, 2.75) is 26.0 Å². The second-order valence-corrected chi connectivity index (χ2v) is 4.72. The topological polar surface area (TPSA) is 21.3 Å². The molecule has 0 spiro atoms. The van der Waals surface area contributed by atoms with E-state index in [1.54, 1.807) is 12.1 Å². The summed E-state index contributed by atoms with van der Waals surface area (Å²) in [4.78, 5) is 0. The largest absolute Gasteiger partial charge is 0.489 e. The van der Waals surface area contributed by atoms with Gasteiger partial charge in [0.15, 0.2) is 0 Å². The highest BCUT2D eigenvalue weighted by molar-refractivity contribution is 5.24. The van der Waals surface area contributed by atoms with Crippen molar-refractivity contribution >= 4 is 0 Å². The maximum atomic E-state index is 12.9. The summed E-state index contributed by atoms with van der Waals surface area (Å²) >= 11 is 0. The van der Waals surface area contributed by atoms with Crippen LogP contribution in [0.4, 0.5) is 4.39 Å². The Morgan fingerprint density at radius 1 is 1.05 bits per heavy atom. The summed E-state index contributed by atoms with van der Waals surface area (Å²) in [5.74, 6) is 0.425. The minimum absolute atomic E-state index is 0.0530. The van der Waals surface area contributed by atoms with Crippen LogP contribution in [-0.4, -0.2) is 12.6 Å². The summed E-state index contributed by atoms with van der Waals surface area (Å²) in [6, 6.07) is 16.4. The van der Waals surface area contributed by atoms with Crippen molar-refractivity contribution in [3.05, 3.63) is 66.0 Å². The molecule has 0 saturated heterocycles. The van der Waals surface area contributed by atoms with Gasteiger partial charge >= 0.3 is 0 Å². The molecule has 0 bridgehead atoms. The molecule has 2 atom stereocenters. The van der Waals surface area contributed by atoms with Gasteiger partial charge in [-0.3, -0.25) is 0 Å². The highest BCUT2D eigenvalue weighted by Crippen LogP contribution is 2.22. The van der Waals surface area contributed by atoms with Gasteiger partial charge in [0.1, 0.15) is 17.7 Å². The normalized spacial score (nSPS) is 13.8. The van der Waals surface area contributed by atoms with Gasteiger partial charge in [-0.25, -0.2) is 4.39 Å². The molecule has 0 aliphatic heterocycles. The number of hydrogen-bond acceptors (Lipinski definition) is 2. The molecule has 2 nitrogen and oxygen atoms in total. The van der Waals surface area contributed by atoms with Gasteiger partial charge in [0.05, 0.1) is 6.04 Å². The molecule has 2 aromatic rings. The van der Waals surface area contributed by atoms with E-state index in [9.17, 15) is 4.39 Å². The molecule has 20 heavy (non-hydrogen) atoms. The molecule has 1 N–H and O–H groups in total. The number of rotatable bonds is 6. The van der Waals surface area contributed by atoms with Crippen LogP contribution in [0.15, 0.2) is 54.6 Å². The van der Waals surface area contributed by atoms with Gasteiger partial charge in [0, 0.05) is 0 Å². The third kappa shape index (κ3) is 3.81. The molecule has 106 valence electrons. The molecule has 0 aromatic heterocycles. The molecule has 3 heteroatoms. The molecule has 0 radical (unpaired) electrons. The van der Waals surface area contributed by atoms with Crippen molar-refractivity contribution in [3.8, 4) is 5.75 Å². The average Bonchev–Trinajstić information content (AvgIpc) is 2.48. The Balaban J connectivity index is 2.11. The molecule has 0 aliphatic carbocycles. The first-order valence-electron chi connectivity index (χ1n) is 6.91. The maximum absolute atomic E-state index is 12.9. The second-order valence-electron chi connectivity index (χ2n) is 4.72. The molecule has 0 amide bonds. The summed E-state index contributed by atoms with van der Waals surface area (Å²) in [6.45, 7) is 4.95. The monoisotopic (exact) mass is 273 g/mol. The van der Waals surface area contributed by atoms with Crippen LogP contribution in [0.2, 0.25) is 0 Å². The van der Waals surface area contributed by atoms with E-state index in [0.717, 1.165) is 6.54 Å². The van der Waals surface area contributed by atoms with E-state index in [0.29, 0.717) is 5.75 Å². The SMILES string of the molecule is CCNC(c1ccccc1)C(C)Oc1ccc(F)cc1. The number of likely N-dealkylation sites (N-methyl/N-ethyl adjacent to an activating group) is 1. The van der Waals surface area contributed by atoms with E-state index >= 15 is 0 Å². The Labute approximate surface area is 119 Å². The van der Waals surface area contributed by atoms with E-state index in [1.165, 1.54) is 17.7 Å². The van der Waals surface area contributed by atoms with E-state index in [2.05, 4.69) is 24.4 Å². The van der Waals surface area contributed by atoms with Crippen LogP contribution in [0.3, 0.4) is 0 Å². The van der Waals surface area contributed by atoms with Gasteiger partial charge in [-0.05, 0) is 43.3 Å². The molecule has 0 saturated carbocycles. The van der Waals surface area contributed by atoms with Crippen LogP contribution >= 0.6 is 0 Å². The summed E-state index contributed by atoms with van der Waals surface area (Å²) in [5, 5.41) is 3.43. The first-order valence-corrected chi connectivity index (χ1v) is 6.91. The third-order valence-electron chi connectivity index (χ3n) is 3.19. The van der Waals surface area contributed by atoms with Crippen molar-refractivity contribution in [2.24, 2.45) is 0 Å². The number of benzene rings is 2. The molecule has 2 rings (SSSR count). The first-order chi connectivity index (χ1) is 9.70. The smallest absolute Gasteiger partial charge is 0.123 e. The second kappa shape index (κ2) is 7.06. The highest BCUT2D eigenvalue weighted by Gasteiger charge is 2.19. The Morgan fingerprint density at radius 3 is 2.30 bits per heavy atom. The third-order valence-corrected chi connectivity index (χ3v) is 3.19. The first kappa shape index (κ1) is 14.5. The fraction of sp³-hybridized carbons (Fsp3) is 0.294. The lowest BCUT2D eigenvalue weighted by Gasteiger charge is -2.26. The van der Waals surface area contributed by atoms with Crippen LogP contribution in [-0.2, 0) is 0 Å². The lowest BCUT2D eigenvalue weighted by molar-refractivity contribution is 0.171. The van der Waals surface area contributed by atoms with Crippen molar-refractivity contribution in [3.63, 3.8) is 0 Å². The maximum Gasteiger partial charge on any atom is 0.123 e. The number of nitrogens with one attached hydrogen (secondary N) is 1. The minimum atomic E-state index is -0.253. The molecule has 2 aromatic carbocycles. The zero-order valence-electron chi connectivity index (χ0n) is 11.8. The zero-order valence-corrected chi connectivity index (χ0v) is 11.8. The van der Waals surface area contributed by atoms with Crippen molar-refractivity contribution in [1.82, 2.24) is 5.32 Å². The van der Waals surface area contributed by atoms with Crippen molar-refractivity contribution in [2.75, 3.05) is 6.54 Å². The summed E-state index contributed by atoms with van der Waals surface area (Å²) in [7, 11) is 0. The summed E-state index contributed by atoms with van der Waals surface area (Å²) in [6.07, 6.45) is -0.0530. The van der Waals surface area contributed by atoms with Crippen LogP contribution in [0.5, 0.6) is 5.75 Å². The molecule has 0 aliphatic rings. The quantitative estimate of drug-likeness (QED) is 0.860. The number of ether oxygens (including phenoxy) is 1. The summed E-state index contributed by atoms with van der Waals surface area (Å²) in [5.41, 5.74) is 1.18. The van der Waals surface area contributed by atoms with Gasteiger partial charge in [0.25, 0.3) is 0 Å². The average molecular weight is 273 g/mol. The molecular formula is C17H20FNO. The van der Waals surface area contributed by atoms with Crippen LogP contribution in [0, 0.1) is 5.82 Å². The standard InChI is InChI=1S/C17H20FNO/c1-3-19-17(14-7-5-4-6-8-14)13(2)20-16-11-9-15(18)10-12-16/h4-13,17,19H,3H2,1-2H3. The number of halogens is 1. The highest BCUT2D eigenvalue weighted by atomic mass is 19.1. The Hall–Kier alpha value is -1.87. The Kier molecular flexibility index (Phi) is 5.13. The van der Waals surface area contributed by atoms with Crippen LogP contribution in [0.1, 0.15) is 25.5 Å². The van der Waals surface area contributed by atoms with Crippen molar-refractivity contribution < 1.29 is 9.13 Å². The van der Waals surface area contributed by atoms with Crippen molar-refractivity contribution in [1.29, 1.82) is 0 Å². The molecule has 0 heterocycles. The fourth-order valence-electron chi connectivity index (χ4n) is 2.23. The fourth-order valence-corrected chi connectivity index (χ4v) is 2.23. The molecule has 0 fully saturated rings. The van der Waals surface area contributed by atoms with E-state index in [1.807, 2.05) is 25.1 Å². The van der Waals surface area contributed by atoms with Crippen LogP contribution < -0.4 is 10.1 Å². The van der Waals surface area contributed by atoms with Crippen LogP contribution in [0.25, 0.3) is 0 Å². The zero-order chi connectivity index (χ0) is 14.4. The van der Waals surface area contributed by atoms with E-state index < -0.39 is 0 Å². The Morgan fingerprint density at radius 2 is 1.70 bits per heavy atom. The Bertz CT molecular complexity index is 512. The lowest BCUT2D eigenvalue weighted by Crippen LogP contribution is -2.33. The van der Waals surface area contributed by atoms with Gasteiger partial charge < -0.3 is 10.1 Å². The van der Waals surface area contributed by atoms with Gasteiger partial charge in [-0.15, -0.1) is 0 Å². The lowest BCUT2D eigenvalue weighted by atomic mass is 10.0. The predicted octanol–water partition coefficient (Wildman–Crippen LogP) is 3.94. The van der Waals surface area contributed by atoms with Gasteiger partial charge in [-0.2, -0.15) is 0 Å². The number of hydrogen-bond donors (Lipinski definition) is 1.